The van der Waals surface area contributed by atoms with E-state index in [9.17, 15) is 9.59 Å². The second kappa shape index (κ2) is 11.3. The summed E-state index contributed by atoms with van der Waals surface area (Å²) in [6.07, 6.45) is 0. The Bertz CT molecular complexity index is 2310. The maximum Gasteiger partial charge on any atom is 0.266 e. The zero-order chi connectivity index (χ0) is 31.0. The van der Waals surface area contributed by atoms with Crippen LogP contribution in [0.15, 0.2) is 167 Å². The Labute approximate surface area is 264 Å². The van der Waals surface area contributed by atoms with Gasteiger partial charge in [-0.3, -0.25) is 18.7 Å². The summed E-state index contributed by atoms with van der Waals surface area (Å²) in [5.74, 6) is 1.15. The molecule has 2 aromatic heterocycles. The van der Waals surface area contributed by atoms with Crippen molar-refractivity contribution in [1.82, 2.24) is 19.1 Å². The third kappa shape index (κ3) is 4.69. The fourth-order valence-electron chi connectivity index (χ4n) is 5.93. The number of fused-ring (bicyclic) bond motifs is 2. The van der Waals surface area contributed by atoms with Gasteiger partial charge in [-0.2, -0.15) is 0 Å². The topological polar surface area (TPSA) is 69.8 Å². The van der Waals surface area contributed by atoms with Crippen LogP contribution >= 0.6 is 0 Å². The number of aromatic nitrogens is 4. The molecule has 0 aliphatic carbocycles. The van der Waals surface area contributed by atoms with Gasteiger partial charge in [0.15, 0.2) is 0 Å². The van der Waals surface area contributed by atoms with Gasteiger partial charge < -0.3 is 0 Å². The molecule has 0 N–H and O–H groups in total. The molecule has 0 fully saturated rings. The van der Waals surface area contributed by atoms with E-state index in [0.29, 0.717) is 33.5 Å². The van der Waals surface area contributed by atoms with Gasteiger partial charge in [-0.15, -0.1) is 0 Å². The SMILES string of the molecule is O=c1c2cc(-c3ccc4nc(-c5ccccc5)n(-c5ccccc5)c(=O)c4c3)ccc2nc(-c2ccccc2)n1-c1ccccc1. The van der Waals surface area contributed by atoms with Crippen molar-refractivity contribution in [2.24, 2.45) is 0 Å². The molecule has 0 unspecified atom stereocenters. The largest absolute Gasteiger partial charge is 0.268 e. The van der Waals surface area contributed by atoms with E-state index in [4.69, 9.17) is 9.97 Å². The second-order valence-corrected chi connectivity index (χ2v) is 11.0. The molecule has 46 heavy (non-hydrogen) atoms. The van der Waals surface area contributed by atoms with E-state index in [1.54, 1.807) is 9.13 Å². The molecule has 8 rings (SSSR count). The van der Waals surface area contributed by atoms with Gasteiger partial charge in [0.2, 0.25) is 0 Å². The van der Waals surface area contributed by atoms with Crippen LogP contribution in [0.2, 0.25) is 0 Å². The highest BCUT2D eigenvalue weighted by Crippen LogP contribution is 2.29. The van der Waals surface area contributed by atoms with Crippen molar-refractivity contribution in [3.8, 4) is 45.3 Å². The van der Waals surface area contributed by atoms with Gasteiger partial charge in [0.1, 0.15) is 11.6 Å². The molecule has 6 nitrogen and oxygen atoms in total. The van der Waals surface area contributed by atoms with Crippen LogP contribution in [0, 0.1) is 0 Å². The molecular formula is C40H26N4O2. The standard InChI is InChI=1S/C40H26N4O2/c45-39-33-25-29(21-23-35(33)41-37(27-13-5-1-6-14-27)43(39)31-17-9-3-10-18-31)30-22-24-36-34(26-30)40(46)44(32-19-11-4-12-20-32)38(42-36)28-15-7-2-8-16-28/h1-26H. The first kappa shape index (κ1) is 27.2. The van der Waals surface area contributed by atoms with Gasteiger partial charge in [0.05, 0.1) is 33.2 Å². The van der Waals surface area contributed by atoms with Crippen molar-refractivity contribution in [2.45, 2.75) is 0 Å². The van der Waals surface area contributed by atoms with E-state index in [-0.39, 0.29) is 11.1 Å². The fraction of sp³-hybridized carbons (Fsp3) is 0. The van der Waals surface area contributed by atoms with Crippen molar-refractivity contribution >= 4 is 21.8 Å². The third-order valence-corrected chi connectivity index (χ3v) is 8.16. The van der Waals surface area contributed by atoms with E-state index >= 15 is 0 Å². The summed E-state index contributed by atoms with van der Waals surface area (Å²) < 4.78 is 3.32. The summed E-state index contributed by atoms with van der Waals surface area (Å²) in [7, 11) is 0. The van der Waals surface area contributed by atoms with Crippen LogP contribution in [-0.4, -0.2) is 19.1 Å². The first-order valence-electron chi connectivity index (χ1n) is 15.0. The molecule has 0 spiro atoms. The van der Waals surface area contributed by atoms with Crippen molar-refractivity contribution in [2.75, 3.05) is 0 Å². The minimum absolute atomic E-state index is 0.168. The molecule has 0 saturated heterocycles. The van der Waals surface area contributed by atoms with Crippen LogP contribution in [0.25, 0.3) is 67.1 Å². The predicted molar refractivity (Wildman–Crippen MR) is 185 cm³/mol. The van der Waals surface area contributed by atoms with Gasteiger partial charge in [-0.25, -0.2) is 9.97 Å². The van der Waals surface area contributed by atoms with Crippen molar-refractivity contribution in [1.29, 1.82) is 0 Å². The van der Waals surface area contributed by atoms with Gasteiger partial charge in [-0.05, 0) is 59.7 Å². The lowest BCUT2D eigenvalue weighted by Gasteiger charge is -2.15. The van der Waals surface area contributed by atoms with Gasteiger partial charge in [0, 0.05) is 11.1 Å². The molecule has 0 aliphatic rings. The molecule has 0 aliphatic heterocycles. The first-order chi connectivity index (χ1) is 22.7. The number of para-hydroxylation sites is 2. The summed E-state index contributed by atoms with van der Waals surface area (Å²) in [5, 5.41) is 0.973. The molecule has 0 atom stereocenters. The molecule has 8 aromatic rings. The Morgan fingerprint density at radius 3 is 1.09 bits per heavy atom. The molecule has 6 aromatic carbocycles. The minimum Gasteiger partial charge on any atom is -0.268 e. The van der Waals surface area contributed by atoms with E-state index in [1.807, 2.05) is 158 Å². The Morgan fingerprint density at radius 2 is 0.717 bits per heavy atom. The predicted octanol–water partition coefficient (Wildman–Crippen LogP) is 8.09. The molecule has 2 heterocycles. The summed E-state index contributed by atoms with van der Waals surface area (Å²) in [5.41, 5.74) is 5.63. The highest BCUT2D eigenvalue weighted by molar-refractivity contribution is 5.90. The highest BCUT2D eigenvalue weighted by atomic mass is 16.1. The molecular weight excluding hydrogens is 568 g/mol. The number of benzene rings is 6. The van der Waals surface area contributed by atoms with Crippen LogP contribution in [-0.2, 0) is 0 Å². The van der Waals surface area contributed by atoms with E-state index in [0.717, 1.165) is 33.6 Å². The normalized spacial score (nSPS) is 11.2. The van der Waals surface area contributed by atoms with Crippen LogP contribution in [0.1, 0.15) is 0 Å². The summed E-state index contributed by atoms with van der Waals surface area (Å²) >= 11 is 0. The number of hydrogen-bond acceptors (Lipinski definition) is 4. The lowest BCUT2D eigenvalue weighted by Crippen LogP contribution is -2.22. The zero-order valence-electron chi connectivity index (χ0n) is 24.6. The van der Waals surface area contributed by atoms with Gasteiger partial charge in [-0.1, -0.05) is 109 Å². The quantitative estimate of drug-likeness (QED) is 0.202. The third-order valence-electron chi connectivity index (χ3n) is 8.16. The molecule has 0 radical (unpaired) electrons. The van der Waals surface area contributed by atoms with Crippen LogP contribution < -0.4 is 11.1 Å². The first-order valence-corrected chi connectivity index (χ1v) is 15.0. The summed E-state index contributed by atoms with van der Waals surface area (Å²) in [4.78, 5) is 38.3. The van der Waals surface area contributed by atoms with Gasteiger partial charge in [0.25, 0.3) is 11.1 Å². The molecule has 0 bridgehead atoms. The van der Waals surface area contributed by atoms with E-state index in [2.05, 4.69) is 0 Å². The van der Waals surface area contributed by atoms with Crippen molar-refractivity contribution in [3.05, 3.63) is 178 Å². The Hall–Kier alpha value is -6.40. The maximum atomic E-state index is 14.2. The monoisotopic (exact) mass is 594 g/mol. The smallest absolute Gasteiger partial charge is 0.266 e. The second-order valence-electron chi connectivity index (χ2n) is 11.0. The highest BCUT2D eigenvalue weighted by Gasteiger charge is 2.17. The molecule has 218 valence electrons. The fourth-order valence-corrected chi connectivity index (χ4v) is 5.93. The summed E-state index contributed by atoms with van der Waals surface area (Å²) in [6.45, 7) is 0. The maximum absolute atomic E-state index is 14.2. The summed E-state index contributed by atoms with van der Waals surface area (Å²) in [6, 6.07) is 49.9. The van der Waals surface area contributed by atoms with Crippen molar-refractivity contribution in [3.63, 3.8) is 0 Å². The number of hydrogen-bond donors (Lipinski definition) is 0. The Balaban J connectivity index is 1.33. The molecule has 0 amide bonds. The minimum atomic E-state index is -0.168. The Morgan fingerprint density at radius 1 is 0.370 bits per heavy atom. The Kier molecular flexibility index (Phi) is 6.65. The molecule has 6 heteroatoms. The number of nitrogens with zero attached hydrogens (tertiary/aromatic N) is 4. The lowest BCUT2D eigenvalue weighted by atomic mass is 10.0. The average Bonchev–Trinajstić information content (AvgIpc) is 3.12. The molecule has 0 saturated carbocycles. The van der Waals surface area contributed by atoms with E-state index < -0.39 is 0 Å². The zero-order valence-corrected chi connectivity index (χ0v) is 24.6. The van der Waals surface area contributed by atoms with Gasteiger partial charge >= 0.3 is 0 Å². The lowest BCUT2D eigenvalue weighted by molar-refractivity contribution is 0.975. The van der Waals surface area contributed by atoms with Crippen LogP contribution in [0.4, 0.5) is 0 Å². The number of rotatable bonds is 5. The average molecular weight is 595 g/mol. The van der Waals surface area contributed by atoms with Crippen molar-refractivity contribution < 1.29 is 0 Å². The van der Waals surface area contributed by atoms with Crippen LogP contribution in [0.3, 0.4) is 0 Å². The van der Waals surface area contributed by atoms with Crippen LogP contribution in [0.5, 0.6) is 0 Å². The van der Waals surface area contributed by atoms with E-state index in [1.165, 1.54) is 0 Å².